The number of hydrogen-bond acceptors (Lipinski definition) is 9. The average molecular weight is 484 g/mol. The third-order valence-electron chi connectivity index (χ3n) is 5.95. The second kappa shape index (κ2) is 10.3. The van der Waals surface area contributed by atoms with E-state index in [1.54, 1.807) is 35.2 Å². The van der Waals surface area contributed by atoms with E-state index in [1.807, 2.05) is 30.3 Å². The van der Waals surface area contributed by atoms with Crippen LogP contribution in [0.15, 0.2) is 77.7 Å². The SMILES string of the molecule is N=C(c1ccc(Oc2ccccc2)cc1)c1c(N)ncnc1NC1CCCN(C(=O)c2ccno2)C1. The van der Waals surface area contributed by atoms with E-state index in [0.717, 1.165) is 18.6 Å². The maximum Gasteiger partial charge on any atom is 0.292 e. The first-order chi connectivity index (χ1) is 17.6. The Labute approximate surface area is 207 Å². The number of carbonyl (C=O) groups excluding carboxylic acids is 1. The van der Waals surface area contributed by atoms with Gasteiger partial charge in [0.1, 0.15) is 29.5 Å². The Morgan fingerprint density at radius 3 is 2.61 bits per heavy atom. The highest BCUT2D eigenvalue weighted by molar-refractivity contribution is 6.16. The van der Waals surface area contributed by atoms with Crippen molar-refractivity contribution < 1.29 is 14.1 Å². The summed E-state index contributed by atoms with van der Waals surface area (Å²) in [6.45, 7) is 1.09. The Bertz CT molecular complexity index is 1340. The zero-order valence-electron chi connectivity index (χ0n) is 19.4. The Balaban J connectivity index is 1.31. The first-order valence-electron chi connectivity index (χ1n) is 11.6. The molecule has 10 nitrogen and oxygen atoms in total. The number of nitrogens with one attached hydrogen (secondary N) is 2. The fourth-order valence-electron chi connectivity index (χ4n) is 4.17. The molecule has 182 valence electrons. The minimum Gasteiger partial charge on any atom is -0.457 e. The highest BCUT2D eigenvalue weighted by atomic mass is 16.5. The highest BCUT2D eigenvalue weighted by Crippen LogP contribution is 2.26. The van der Waals surface area contributed by atoms with Gasteiger partial charge in [-0.15, -0.1) is 0 Å². The molecule has 4 aromatic rings. The molecule has 1 fully saturated rings. The van der Waals surface area contributed by atoms with Crippen LogP contribution in [0, 0.1) is 5.41 Å². The molecule has 0 radical (unpaired) electrons. The molecule has 36 heavy (non-hydrogen) atoms. The van der Waals surface area contributed by atoms with E-state index in [9.17, 15) is 4.79 Å². The first-order valence-corrected chi connectivity index (χ1v) is 11.6. The van der Waals surface area contributed by atoms with Crippen molar-refractivity contribution in [3.63, 3.8) is 0 Å². The number of aromatic nitrogens is 3. The smallest absolute Gasteiger partial charge is 0.292 e. The third kappa shape index (κ3) is 5.02. The molecule has 1 amide bonds. The van der Waals surface area contributed by atoms with E-state index in [1.165, 1.54) is 12.5 Å². The number of carbonyl (C=O) groups is 1. The Morgan fingerprint density at radius 1 is 1.08 bits per heavy atom. The lowest BCUT2D eigenvalue weighted by molar-refractivity contribution is 0.0672. The maximum absolute atomic E-state index is 12.7. The van der Waals surface area contributed by atoms with Gasteiger partial charge >= 0.3 is 0 Å². The lowest BCUT2D eigenvalue weighted by Crippen LogP contribution is -2.45. The number of anilines is 2. The van der Waals surface area contributed by atoms with Crippen molar-refractivity contribution >= 4 is 23.3 Å². The third-order valence-corrected chi connectivity index (χ3v) is 5.95. The van der Waals surface area contributed by atoms with Crippen molar-refractivity contribution in [2.24, 2.45) is 0 Å². The summed E-state index contributed by atoms with van der Waals surface area (Å²) in [7, 11) is 0. The summed E-state index contributed by atoms with van der Waals surface area (Å²) in [5, 5.41) is 15.8. The number of para-hydroxylation sites is 1. The molecular weight excluding hydrogens is 458 g/mol. The van der Waals surface area contributed by atoms with Crippen LogP contribution in [-0.4, -0.2) is 50.8 Å². The predicted octanol–water partition coefficient (Wildman–Crippen LogP) is 3.97. The normalized spacial score (nSPS) is 15.3. The number of nitrogen functional groups attached to an aromatic ring is 1. The minimum absolute atomic E-state index is 0.0758. The van der Waals surface area contributed by atoms with Gasteiger partial charge in [0, 0.05) is 30.8 Å². The van der Waals surface area contributed by atoms with Gasteiger partial charge in [-0.05, 0) is 49.2 Å². The van der Waals surface area contributed by atoms with Gasteiger partial charge in [0.25, 0.3) is 5.91 Å². The van der Waals surface area contributed by atoms with E-state index < -0.39 is 0 Å². The average Bonchev–Trinajstić information content (AvgIpc) is 3.44. The van der Waals surface area contributed by atoms with Crippen LogP contribution >= 0.6 is 0 Å². The molecule has 0 bridgehead atoms. The number of rotatable bonds is 7. The molecule has 0 spiro atoms. The lowest BCUT2D eigenvalue weighted by atomic mass is 10.0. The summed E-state index contributed by atoms with van der Waals surface area (Å²) in [5.41, 5.74) is 7.44. The van der Waals surface area contributed by atoms with Gasteiger partial charge in [-0.3, -0.25) is 10.2 Å². The number of nitrogens with two attached hydrogens (primary N) is 1. The number of benzene rings is 2. The fraction of sp³-hybridized carbons (Fsp3) is 0.192. The van der Waals surface area contributed by atoms with E-state index in [4.69, 9.17) is 20.4 Å². The molecule has 4 N–H and O–H groups in total. The van der Waals surface area contributed by atoms with E-state index in [2.05, 4.69) is 20.4 Å². The van der Waals surface area contributed by atoms with Crippen LogP contribution in [0.2, 0.25) is 0 Å². The van der Waals surface area contributed by atoms with Crippen molar-refractivity contribution in [3.8, 4) is 11.5 Å². The van der Waals surface area contributed by atoms with E-state index in [0.29, 0.717) is 35.8 Å². The van der Waals surface area contributed by atoms with Gasteiger partial charge in [0.2, 0.25) is 5.76 Å². The van der Waals surface area contributed by atoms with Crippen molar-refractivity contribution in [2.45, 2.75) is 18.9 Å². The molecule has 2 aromatic heterocycles. The van der Waals surface area contributed by atoms with Crippen LogP contribution in [0.1, 0.15) is 34.5 Å². The second-order valence-corrected chi connectivity index (χ2v) is 8.41. The fourth-order valence-corrected chi connectivity index (χ4v) is 4.17. The second-order valence-electron chi connectivity index (χ2n) is 8.41. The van der Waals surface area contributed by atoms with Crippen LogP contribution in [0.25, 0.3) is 0 Å². The number of likely N-dealkylation sites (tertiary alicyclic amines) is 1. The summed E-state index contributed by atoms with van der Waals surface area (Å²) in [6.07, 6.45) is 4.47. The largest absolute Gasteiger partial charge is 0.457 e. The van der Waals surface area contributed by atoms with Crippen LogP contribution in [0.5, 0.6) is 11.5 Å². The molecule has 1 saturated heterocycles. The number of amides is 1. The Kier molecular flexibility index (Phi) is 6.57. The van der Waals surface area contributed by atoms with Crippen molar-refractivity contribution in [3.05, 3.63) is 90.1 Å². The summed E-state index contributed by atoms with van der Waals surface area (Å²) < 4.78 is 10.9. The Morgan fingerprint density at radius 2 is 1.86 bits per heavy atom. The van der Waals surface area contributed by atoms with Gasteiger partial charge in [-0.2, -0.15) is 0 Å². The molecule has 10 heteroatoms. The van der Waals surface area contributed by atoms with E-state index >= 15 is 0 Å². The zero-order valence-corrected chi connectivity index (χ0v) is 19.4. The molecular formula is C26H25N7O3. The number of hydrogen-bond donors (Lipinski definition) is 3. The maximum atomic E-state index is 12.7. The van der Waals surface area contributed by atoms with Crippen molar-refractivity contribution in [1.29, 1.82) is 5.41 Å². The molecule has 1 unspecified atom stereocenters. The molecule has 2 aromatic carbocycles. The molecule has 0 saturated carbocycles. The standard InChI is InChI=1S/C26H25N7O3/c27-23(17-8-10-20(11-9-17)35-19-6-2-1-3-7-19)22-24(28)29-16-30-25(22)32-18-5-4-14-33(15-18)26(34)21-12-13-31-36-21/h1-3,6-13,16,18,27H,4-5,14-15H2,(H3,28,29,30,32). The highest BCUT2D eigenvalue weighted by Gasteiger charge is 2.28. The quantitative estimate of drug-likeness (QED) is 0.335. The zero-order chi connectivity index (χ0) is 24.9. The predicted molar refractivity (Wildman–Crippen MR) is 134 cm³/mol. The monoisotopic (exact) mass is 483 g/mol. The number of piperidine rings is 1. The van der Waals surface area contributed by atoms with Gasteiger partial charge in [-0.25, -0.2) is 9.97 Å². The summed E-state index contributed by atoms with van der Waals surface area (Å²) >= 11 is 0. The number of ether oxygens (including phenoxy) is 1. The van der Waals surface area contributed by atoms with E-state index in [-0.39, 0.29) is 29.2 Å². The van der Waals surface area contributed by atoms with Crippen LogP contribution < -0.4 is 15.8 Å². The molecule has 1 aliphatic heterocycles. The van der Waals surface area contributed by atoms with Crippen LogP contribution in [0.3, 0.4) is 0 Å². The molecule has 5 rings (SSSR count). The van der Waals surface area contributed by atoms with Gasteiger partial charge < -0.3 is 25.2 Å². The topological polar surface area (TPSA) is 143 Å². The van der Waals surface area contributed by atoms with Crippen molar-refractivity contribution in [2.75, 3.05) is 24.1 Å². The summed E-state index contributed by atoms with van der Waals surface area (Å²) in [5.74, 6) is 2.06. The van der Waals surface area contributed by atoms with Gasteiger partial charge in [0.05, 0.1) is 17.5 Å². The molecule has 1 atom stereocenters. The van der Waals surface area contributed by atoms with Crippen LogP contribution in [-0.2, 0) is 0 Å². The summed E-state index contributed by atoms with van der Waals surface area (Å²) in [6, 6.07) is 18.2. The summed E-state index contributed by atoms with van der Waals surface area (Å²) in [4.78, 5) is 22.9. The van der Waals surface area contributed by atoms with Crippen LogP contribution in [0.4, 0.5) is 11.6 Å². The lowest BCUT2D eigenvalue weighted by Gasteiger charge is -2.33. The van der Waals surface area contributed by atoms with Gasteiger partial charge in [-0.1, -0.05) is 23.4 Å². The minimum atomic E-state index is -0.202. The molecule has 3 heterocycles. The first kappa shape index (κ1) is 23.0. The Hall–Kier alpha value is -4.73. The number of nitrogens with zero attached hydrogens (tertiary/aromatic N) is 4. The molecule has 1 aliphatic rings. The van der Waals surface area contributed by atoms with Gasteiger partial charge in [0.15, 0.2) is 0 Å². The molecule has 0 aliphatic carbocycles. The van der Waals surface area contributed by atoms with Crippen molar-refractivity contribution in [1.82, 2.24) is 20.0 Å².